The Morgan fingerprint density at radius 3 is 2.11 bits per heavy atom. The van der Waals surface area contributed by atoms with Crippen molar-refractivity contribution in [2.75, 3.05) is 0 Å². The van der Waals surface area contributed by atoms with E-state index in [0.29, 0.717) is 29.2 Å². The summed E-state index contributed by atoms with van der Waals surface area (Å²) in [5, 5.41) is 10.8. The quantitative estimate of drug-likeness (QED) is 0.383. The zero-order valence-electron chi connectivity index (χ0n) is 22.5. The van der Waals surface area contributed by atoms with Gasteiger partial charge in [0.25, 0.3) is 5.91 Å². The van der Waals surface area contributed by atoms with E-state index in [2.05, 4.69) is 0 Å². The number of ether oxygens (including phenoxy) is 1. The number of carboxylic acids is 1. The fourth-order valence-corrected chi connectivity index (χ4v) is 5.34. The van der Waals surface area contributed by atoms with E-state index in [0.717, 1.165) is 44.5 Å². The Balaban J connectivity index is 1.90. The van der Waals surface area contributed by atoms with Crippen LogP contribution in [0, 0.1) is 27.7 Å². The Hall–Kier alpha value is -3.15. The number of hydrogen-bond acceptors (Lipinski definition) is 3. The molecule has 5 nitrogen and oxygen atoms in total. The van der Waals surface area contributed by atoms with Crippen LogP contribution in [-0.4, -0.2) is 27.5 Å². The lowest BCUT2D eigenvalue weighted by atomic mass is 9.83. The standard InChI is InChI=1S/C31H34ClNO4/c1-17-8-11-21(12-9-17)26-19(3)24-15-33(29(34)23-14-22(32)13-10-18(23)2)16-25(24)20(4)27(26)28(30(35)36)37-31(5,6)7/h8-14,28H,15-16H2,1-7H3,(H,35,36). The maximum Gasteiger partial charge on any atom is 0.337 e. The Morgan fingerprint density at radius 1 is 0.946 bits per heavy atom. The van der Waals surface area contributed by atoms with E-state index in [1.54, 1.807) is 12.1 Å². The van der Waals surface area contributed by atoms with Gasteiger partial charge in [0.1, 0.15) is 0 Å². The predicted octanol–water partition coefficient (Wildman–Crippen LogP) is 7.34. The third-order valence-electron chi connectivity index (χ3n) is 7.03. The van der Waals surface area contributed by atoms with Crippen molar-refractivity contribution in [3.63, 3.8) is 0 Å². The summed E-state index contributed by atoms with van der Waals surface area (Å²) in [6.07, 6.45) is -1.15. The number of amides is 1. The maximum atomic E-state index is 13.6. The van der Waals surface area contributed by atoms with Gasteiger partial charge in [-0.15, -0.1) is 0 Å². The molecular formula is C31H34ClNO4. The number of nitrogens with zero attached hydrogens (tertiary/aromatic N) is 1. The average molecular weight is 520 g/mol. The highest BCUT2D eigenvalue weighted by molar-refractivity contribution is 6.31. The largest absolute Gasteiger partial charge is 0.479 e. The molecule has 1 atom stereocenters. The van der Waals surface area contributed by atoms with E-state index in [1.807, 2.05) is 83.7 Å². The fourth-order valence-electron chi connectivity index (χ4n) is 5.17. The van der Waals surface area contributed by atoms with E-state index in [-0.39, 0.29) is 5.91 Å². The number of carbonyl (C=O) groups excluding carboxylic acids is 1. The molecule has 1 aliphatic rings. The van der Waals surface area contributed by atoms with Gasteiger partial charge in [0.05, 0.1) is 5.60 Å². The molecule has 4 rings (SSSR count). The average Bonchev–Trinajstić information content (AvgIpc) is 3.27. The summed E-state index contributed by atoms with van der Waals surface area (Å²) in [4.78, 5) is 28.0. The van der Waals surface area contributed by atoms with Gasteiger partial charge in [-0.3, -0.25) is 4.79 Å². The molecule has 0 spiro atoms. The minimum absolute atomic E-state index is 0.0887. The van der Waals surface area contributed by atoms with Crippen LogP contribution in [0.5, 0.6) is 0 Å². The van der Waals surface area contributed by atoms with Crippen LogP contribution in [0.25, 0.3) is 11.1 Å². The molecule has 3 aromatic carbocycles. The maximum absolute atomic E-state index is 13.6. The Bertz CT molecular complexity index is 1390. The van der Waals surface area contributed by atoms with Crippen molar-refractivity contribution in [3.05, 3.63) is 92.0 Å². The number of aliphatic carboxylic acids is 1. The summed E-state index contributed by atoms with van der Waals surface area (Å²) in [6, 6.07) is 13.4. The smallest absolute Gasteiger partial charge is 0.337 e. The Morgan fingerprint density at radius 2 is 1.54 bits per heavy atom. The molecule has 0 saturated carbocycles. The molecule has 0 radical (unpaired) electrons. The molecule has 37 heavy (non-hydrogen) atoms. The predicted molar refractivity (Wildman–Crippen MR) is 147 cm³/mol. The summed E-state index contributed by atoms with van der Waals surface area (Å²) in [7, 11) is 0. The molecule has 0 aromatic heterocycles. The number of carbonyl (C=O) groups is 2. The van der Waals surface area contributed by atoms with E-state index >= 15 is 0 Å². The first kappa shape index (κ1) is 26.9. The van der Waals surface area contributed by atoms with Crippen molar-refractivity contribution in [1.82, 2.24) is 4.90 Å². The van der Waals surface area contributed by atoms with Crippen molar-refractivity contribution < 1.29 is 19.4 Å². The van der Waals surface area contributed by atoms with Crippen molar-refractivity contribution in [1.29, 1.82) is 0 Å². The van der Waals surface area contributed by atoms with Crippen LogP contribution in [0.3, 0.4) is 0 Å². The van der Waals surface area contributed by atoms with E-state index < -0.39 is 17.7 Å². The normalized spacial score (nSPS) is 14.0. The first-order valence-electron chi connectivity index (χ1n) is 12.5. The molecular weight excluding hydrogens is 486 g/mol. The molecule has 1 heterocycles. The topological polar surface area (TPSA) is 66.8 Å². The second kappa shape index (κ2) is 9.96. The molecule has 1 unspecified atom stereocenters. The first-order chi connectivity index (χ1) is 17.3. The van der Waals surface area contributed by atoms with E-state index in [1.165, 1.54) is 0 Å². The minimum Gasteiger partial charge on any atom is -0.479 e. The second-order valence-electron chi connectivity index (χ2n) is 10.9. The molecule has 0 saturated heterocycles. The zero-order valence-corrected chi connectivity index (χ0v) is 23.3. The van der Waals surface area contributed by atoms with Crippen LogP contribution in [0.15, 0.2) is 42.5 Å². The number of fused-ring (bicyclic) bond motifs is 1. The van der Waals surface area contributed by atoms with Crippen molar-refractivity contribution in [2.45, 2.75) is 73.3 Å². The SMILES string of the molecule is Cc1ccc(-c2c(C)c3c(c(C)c2C(OC(C)(C)C)C(=O)O)CN(C(=O)c2cc(Cl)ccc2C)C3)cc1. The van der Waals surface area contributed by atoms with Gasteiger partial charge < -0.3 is 14.7 Å². The molecule has 1 aliphatic heterocycles. The third-order valence-corrected chi connectivity index (χ3v) is 7.27. The number of benzene rings is 3. The van der Waals surface area contributed by atoms with Crippen LogP contribution in [-0.2, 0) is 22.6 Å². The Kier molecular flexibility index (Phi) is 7.24. The highest BCUT2D eigenvalue weighted by atomic mass is 35.5. The van der Waals surface area contributed by atoms with Crippen LogP contribution < -0.4 is 0 Å². The molecule has 0 bridgehead atoms. The molecule has 6 heteroatoms. The number of carboxylic acid groups (broad SMARTS) is 1. The van der Waals surface area contributed by atoms with Gasteiger partial charge in [-0.25, -0.2) is 4.79 Å². The molecule has 0 aliphatic carbocycles. The summed E-state index contributed by atoms with van der Waals surface area (Å²) >= 11 is 6.20. The highest BCUT2D eigenvalue weighted by Crippen LogP contribution is 2.44. The lowest BCUT2D eigenvalue weighted by molar-refractivity contribution is -0.160. The monoisotopic (exact) mass is 519 g/mol. The lowest BCUT2D eigenvalue weighted by Gasteiger charge is -2.29. The number of aryl methyl sites for hydroxylation is 2. The summed E-state index contributed by atoms with van der Waals surface area (Å²) in [5.74, 6) is -1.12. The third kappa shape index (κ3) is 5.29. The number of hydrogen-bond donors (Lipinski definition) is 1. The van der Waals surface area contributed by atoms with Gasteiger partial charge in [-0.1, -0.05) is 47.5 Å². The van der Waals surface area contributed by atoms with Gasteiger partial charge in [-0.05, 0) is 99.5 Å². The lowest BCUT2D eigenvalue weighted by Crippen LogP contribution is -2.28. The van der Waals surface area contributed by atoms with Crippen molar-refractivity contribution >= 4 is 23.5 Å². The number of rotatable bonds is 5. The number of halogens is 1. The van der Waals surface area contributed by atoms with Crippen molar-refractivity contribution in [2.24, 2.45) is 0 Å². The minimum atomic E-state index is -1.15. The first-order valence-corrected chi connectivity index (χ1v) is 12.8. The fraction of sp³-hybridized carbons (Fsp3) is 0.355. The summed E-state index contributed by atoms with van der Waals surface area (Å²) in [5.41, 5.74) is 8.21. The van der Waals surface area contributed by atoms with Gasteiger partial charge in [-0.2, -0.15) is 0 Å². The van der Waals surface area contributed by atoms with E-state index in [4.69, 9.17) is 16.3 Å². The molecule has 1 amide bonds. The molecule has 1 N–H and O–H groups in total. The molecule has 3 aromatic rings. The van der Waals surface area contributed by atoms with Crippen LogP contribution in [0.1, 0.15) is 76.2 Å². The van der Waals surface area contributed by atoms with Crippen molar-refractivity contribution in [3.8, 4) is 11.1 Å². The molecule has 0 fully saturated rings. The summed E-state index contributed by atoms with van der Waals surface area (Å²) < 4.78 is 6.14. The zero-order chi connectivity index (χ0) is 27.2. The van der Waals surface area contributed by atoms with Gasteiger partial charge >= 0.3 is 5.97 Å². The summed E-state index contributed by atoms with van der Waals surface area (Å²) in [6.45, 7) is 14.3. The van der Waals surface area contributed by atoms with E-state index in [9.17, 15) is 14.7 Å². The van der Waals surface area contributed by atoms with Gasteiger partial charge in [0, 0.05) is 29.2 Å². The Labute approximate surface area is 224 Å². The van der Waals surface area contributed by atoms with Crippen LogP contribution in [0.2, 0.25) is 5.02 Å². The van der Waals surface area contributed by atoms with Gasteiger partial charge in [0.15, 0.2) is 6.10 Å². The second-order valence-corrected chi connectivity index (χ2v) is 11.4. The highest BCUT2D eigenvalue weighted by Gasteiger charge is 2.36. The van der Waals surface area contributed by atoms with Crippen LogP contribution in [0.4, 0.5) is 0 Å². The van der Waals surface area contributed by atoms with Gasteiger partial charge in [0.2, 0.25) is 0 Å². The van der Waals surface area contributed by atoms with Crippen LogP contribution >= 0.6 is 11.6 Å². The molecule has 194 valence electrons.